The van der Waals surface area contributed by atoms with E-state index in [1.54, 1.807) is 37.3 Å². The van der Waals surface area contributed by atoms with Crippen LogP contribution in [0.5, 0.6) is 0 Å². The second-order valence-electron chi connectivity index (χ2n) is 6.81. The van der Waals surface area contributed by atoms with Crippen LogP contribution in [0, 0.1) is 11.3 Å². The van der Waals surface area contributed by atoms with Crippen LogP contribution in [-0.4, -0.2) is 36.5 Å². The maximum absolute atomic E-state index is 13.0. The Morgan fingerprint density at radius 1 is 1.16 bits per heavy atom. The normalized spacial score (nSPS) is 15.7. The zero-order chi connectivity index (χ0) is 22.5. The molecule has 0 aliphatic carbocycles. The first kappa shape index (κ1) is 22.8. The lowest BCUT2D eigenvalue weighted by atomic mass is 9.94. The molecule has 0 spiro atoms. The number of benzene rings is 1. The third-order valence-electron chi connectivity index (χ3n) is 4.82. The molecule has 0 atom stereocenters. The molecule has 3 rings (SSSR count). The summed E-state index contributed by atoms with van der Waals surface area (Å²) in [5.41, 5.74) is 1.24. The number of carbonyl (C=O) groups is 2. The fraction of sp³-hybridized carbons (Fsp3) is 0.261. The predicted molar refractivity (Wildman–Crippen MR) is 118 cm³/mol. The minimum atomic E-state index is -0.588. The van der Waals surface area contributed by atoms with Crippen molar-refractivity contribution in [3.8, 4) is 17.4 Å². The first-order valence-electron chi connectivity index (χ1n) is 9.69. The van der Waals surface area contributed by atoms with E-state index in [-0.39, 0.29) is 17.7 Å². The van der Waals surface area contributed by atoms with E-state index in [1.165, 1.54) is 6.08 Å². The van der Waals surface area contributed by atoms with Gasteiger partial charge in [0.2, 0.25) is 0 Å². The van der Waals surface area contributed by atoms with Gasteiger partial charge >= 0.3 is 0 Å². The largest absolute Gasteiger partial charge is 0.457 e. The van der Waals surface area contributed by atoms with E-state index in [1.807, 2.05) is 13.0 Å². The summed E-state index contributed by atoms with van der Waals surface area (Å²) in [6, 6.07) is 10.5. The van der Waals surface area contributed by atoms with Gasteiger partial charge in [-0.3, -0.25) is 14.5 Å². The minimum absolute atomic E-state index is 0.0569. The molecule has 160 valence electrons. The number of ether oxygens (including phenoxy) is 1. The number of rotatable bonds is 7. The molecule has 0 radical (unpaired) electrons. The van der Waals surface area contributed by atoms with Gasteiger partial charge in [-0.05, 0) is 62.2 Å². The lowest BCUT2D eigenvalue weighted by Crippen LogP contribution is -2.43. The monoisotopic (exact) mass is 458 g/mol. The standard InChI is InChI=1S/C23H20Cl2N2O4/c1-3-30-10-4-9-27-22(28)17(14(2)18(13-26)23(27)29)12-16-6-8-21(31-16)15-5-7-19(24)20(25)11-15/h5-8,11-12H,3-4,9-10H2,1-2H3/b17-12+. The van der Waals surface area contributed by atoms with Crippen LogP contribution in [0.25, 0.3) is 17.4 Å². The van der Waals surface area contributed by atoms with Crippen molar-refractivity contribution in [2.75, 3.05) is 19.8 Å². The minimum Gasteiger partial charge on any atom is -0.457 e. The number of carbonyl (C=O) groups excluding carboxylic acids is 2. The Balaban J connectivity index is 1.92. The van der Waals surface area contributed by atoms with E-state index >= 15 is 0 Å². The molecule has 0 saturated carbocycles. The average Bonchev–Trinajstić information content (AvgIpc) is 3.21. The number of furan rings is 1. The van der Waals surface area contributed by atoms with Crippen LogP contribution in [-0.2, 0) is 14.3 Å². The Hall–Kier alpha value is -2.85. The van der Waals surface area contributed by atoms with Crippen LogP contribution >= 0.6 is 23.2 Å². The van der Waals surface area contributed by atoms with E-state index in [2.05, 4.69) is 0 Å². The zero-order valence-corrected chi connectivity index (χ0v) is 18.6. The zero-order valence-electron chi connectivity index (χ0n) is 17.1. The van der Waals surface area contributed by atoms with Crippen molar-refractivity contribution >= 4 is 41.1 Å². The topological polar surface area (TPSA) is 83.5 Å². The highest BCUT2D eigenvalue weighted by atomic mass is 35.5. The number of nitrogens with zero attached hydrogens (tertiary/aromatic N) is 2. The Morgan fingerprint density at radius 2 is 1.94 bits per heavy atom. The van der Waals surface area contributed by atoms with Gasteiger partial charge in [0.05, 0.1) is 10.0 Å². The Morgan fingerprint density at radius 3 is 2.61 bits per heavy atom. The van der Waals surface area contributed by atoms with Gasteiger partial charge in [0, 0.05) is 30.9 Å². The fourth-order valence-electron chi connectivity index (χ4n) is 3.18. The highest BCUT2D eigenvalue weighted by Gasteiger charge is 2.35. The molecule has 1 aliphatic heterocycles. The molecule has 0 fully saturated rings. The van der Waals surface area contributed by atoms with Gasteiger partial charge in [0.25, 0.3) is 11.8 Å². The number of amides is 2. The number of hydrogen-bond acceptors (Lipinski definition) is 5. The van der Waals surface area contributed by atoms with Gasteiger partial charge in [-0.15, -0.1) is 0 Å². The number of hydrogen-bond donors (Lipinski definition) is 0. The van der Waals surface area contributed by atoms with Gasteiger partial charge in [0.1, 0.15) is 23.2 Å². The molecule has 2 heterocycles. The Labute approximate surface area is 190 Å². The number of nitriles is 1. The number of halogens is 2. The SMILES string of the molecule is CCOCCCN1C(=O)C(C#N)=C(C)/C(=C\c2ccc(-c3ccc(Cl)c(Cl)c3)o2)C1=O. The predicted octanol–water partition coefficient (Wildman–Crippen LogP) is 5.27. The third-order valence-corrected chi connectivity index (χ3v) is 5.56. The fourth-order valence-corrected chi connectivity index (χ4v) is 3.48. The average molecular weight is 459 g/mol. The molecule has 6 nitrogen and oxygen atoms in total. The van der Waals surface area contributed by atoms with Gasteiger partial charge in [-0.2, -0.15) is 5.26 Å². The molecule has 1 aromatic heterocycles. The van der Waals surface area contributed by atoms with Gasteiger partial charge in [-0.25, -0.2) is 0 Å². The van der Waals surface area contributed by atoms with Crippen molar-refractivity contribution in [1.29, 1.82) is 5.26 Å². The van der Waals surface area contributed by atoms with E-state index in [4.69, 9.17) is 32.4 Å². The molecule has 0 bridgehead atoms. The summed E-state index contributed by atoms with van der Waals surface area (Å²) < 4.78 is 11.1. The lowest BCUT2D eigenvalue weighted by Gasteiger charge is -2.27. The van der Waals surface area contributed by atoms with Crippen molar-refractivity contribution in [3.05, 3.63) is 62.9 Å². The van der Waals surface area contributed by atoms with Crippen LogP contribution < -0.4 is 0 Å². The van der Waals surface area contributed by atoms with Crippen molar-refractivity contribution in [2.45, 2.75) is 20.3 Å². The van der Waals surface area contributed by atoms with Crippen LogP contribution in [0.2, 0.25) is 10.0 Å². The highest BCUT2D eigenvalue weighted by molar-refractivity contribution is 6.42. The Bertz CT molecular complexity index is 1120. The van der Waals surface area contributed by atoms with E-state index in [0.29, 0.717) is 46.8 Å². The first-order valence-corrected chi connectivity index (χ1v) is 10.4. The molecular formula is C23H20Cl2N2O4. The quantitative estimate of drug-likeness (QED) is 0.320. The van der Waals surface area contributed by atoms with Crippen molar-refractivity contribution in [2.24, 2.45) is 0 Å². The Kier molecular flexibility index (Phi) is 7.34. The maximum Gasteiger partial charge on any atom is 0.271 e. The lowest BCUT2D eigenvalue weighted by molar-refractivity contribution is -0.140. The van der Waals surface area contributed by atoms with Gasteiger partial charge < -0.3 is 9.15 Å². The summed E-state index contributed by atoms with van der Waals surface area (Å²) in [6.07, 6.45) is 2.02. The van der Waals surface area contributed by atoms with E-state index in [0.717, 1.165) is 10.5 Å². The third kappa shape index (κ3) is 4.91. The van der Waals surface area contributed by atoms with E-state index < -0.39 is 11.8 Å². The van der Waals surface area contributed by atoms with Crippen molar-refractivity contribution in [1.82, 2.24) is 4.90 Å². The molecule has 31 heavy (non-hydrogen) atoms. The summed E-state index contributed by atoms with van der Waals surface area (Å²) in [7, 11) is 0. The second kappa shape index (κ2) is 9.97. The molecule has 0 unspecified atom stereocenters. The second-order valence-corrected chi connectivity index (χ2v) is 7.63. The summed E-state index contributed by atoms with van der Waals surface area (Å²) in [5, 5.41) is 10.3. The molecule has 0 N–H and O–H groups in total. The molecule has 8 heteroatoms. The van der Waals surface area contributed by atoms with Crippen LogP contribution in [0.4, 0.5) is 0 Å². The molecular weight excluding hydrogens is 439 g/mol. The van der Waals surface area contributed by atoms with Crippen LogP contribution in [0.1, 0.15) is 26.0 Å². The van der Waals surface area contributed by atoms with Gasteiger partial charge in [-0.1, -0.05) is 23.2 Å². The summed E-state index contributed by atoms with van der Waals surface area (Å²) in [5.74, 6) is -0.106. The van der Waals surface area contributed by atoms with Crippen LogP contribution in [0.15, 0.2) is 51.5 Å². The summed E-state index contributed by atoms with van der Waals surface area (Å²) in [6.45, 7) is 4.59. The molecule has 1 aliphatic rings. The van der Waals surface area contributed by atoms with Crippen molar-refractivity contribution in [3.63, 3.8) is 0 Å². The van der Waals surface area contributed by atoms with Gasteiger partial charge in [0.15, 0.2) is 0 Å². The first-order chi connectivity index (χ1) is 14.9. The summed E-state index contributed by atoms with van der Waals surface area (Å²) >= 11 is 12.0. The smallest absolute Gasteiger partial charge is 0.271 e. The van der Waals surface area contributed by atoms with E-state index in [9.17, 15) is 14.9 Å². The molecule has 0 saturated heterocycles. The van der Waals surface area contributed by atoms with Crippen molar-refractivity contribution < 1.29 is 18.7 Å². The number of imide groups is 1. The highest BCUT2D eigenvalue weighted by Crippen LogP contribution is 2.32. The molecule has 2 aromatic rings. The maximum atomic E-state index is 13.0. The summed E-state index contributed by atoms with van der Waals surface area (Å²) in [4.78, 5) is 26.7. The molecule has 1 aromatic carbocycles. The molecule has 2 amide bonds. The van der Waals surface area contributed by atoms with Crippen LogP contribution in [0.3, 0.4) is 0 Å².